The zero-order valence-electron chi connectivity index (χ0n) is 9.50. The number of hydrogen-bond acceptors (Lipinski definition) is 6. The van der Waals surface area contributed by atoms with E-state index in [1.807, 2.05) is 19.1 Å². The second-order valence-electron chi connectivity index (χ2n) is 3.71. The van der Waals surface area contributed by atoms with Crippen LogP contribution in [0.25, 0.3) is 11.5 Å². The number of nitrogens with two attached hydrogens (primary N) is 1. The summed E-state index contributed by atoms with van der Waals surface area (Å²) in [4.78, 5) is 8.37. The van der Waals surface area contributed by atoms with Gasteiger partial charge in [-0.05, 0) is 32.0 Å². The Morgan fingerprint density at radius 1 is 1.41 bits per heavy atom. The van der Waals surface area contributed by atoms with E-state index in [4.69, 9.17) is 10.3 Å². The van der Waals surface area contributed by atoms with Crippen molar-refractivity contribution in [2.45, 2.75) is 19.4 Å². The molecule has 0 aliphatic heterocycles. The number of aryl methyl sites for hydroxylation is 1. The van der Waals surface area contributed by atoms with E-state index in [1.54, 1.807) is 6.07 Å². The lowest BCUT2D eigenvalue weighted by Gasteiger charge is -2.00. The Labute approximate surface area is 98.5 Å². The van der Waals surface area contributed by atoms with Crippen LogP contribution in [0.15, 0.2) is 22.7 Å². The molecule has 1 atom stereocenters. The summed E-state index contributed by atoms with van der Waals surface area (Å²) in [7, 11) is 0. The molecule has 0 spiro atoms. The maximum atomic E-state index is 9.64. The van der Waals surface area contributed by atoms with Gasteiger partial charge in [-0.15, -0.1) is 0 Å². The van der Waals surface area contributed by atoms with E-state index in [0.29, 0.717) is 24.5 Å². The first kappa shape index (κ1) is 11.7. The van der Waals surface area contributed by atoms with Gasteiger partial charge in [0, 0.05) is 5.69 Å². The van der Waals surface area contributed by atoms with Gasteiger partial charge in [0.05, 0.1) is 0 Å². The first-order chi connectivity index (χ1) is 8.20. The molecule has 2 rings (SSSR count). The van der Waals surface area contributed by atoms with Crippen LogP contribution in [0, 0.1) is 6.92 Å². The van der Waals surface area contributed by atoms with Crippen LogP contribution >= 0.6 is 0 Å². The molecule has 17 heavy (non-hydrogen) atoms. The standard InChI is InChI=1S/C11H14N4O2/c1-7-3-2-4-8(13-7)10-14-11(17-15-10)9(16)5-6-12/h2-4,9,16H,5-6,12H2,1H3/t9-/m0/s1. The zero-order chi connectivity index (χ0) is 12.3. The lowest BCUT2D eigenvalue weighted by molar-refractivity contribution is 0.127. The fraction of sp³-hybridized carbons (Fsp3) is 0.364. The number of pyridine rings is 1. The number of rotatable bonds is 4. The van der Waals surface area contributed by atoms with Crippen LogP contribution in [0.3, 0.4) is 0 Å². The average Bonchev–Trinajstić information content (AvgIpc) is 2.78. The molecule has 0 aromatic carbocycles. The molecule has 6 heteroatoms. The van der Waals surface area contributed by atoms with Crippen molar-refractivity contribution in [3.05, 3.63) is 29.8 Å². The third-order valence-corrected chi connectivity index (χ3v) is 2.28. The second kappa shape index (κ2) is 5.03. The lowest BCUT2D eigenvalue weighted by atomic mass is 10.2. The molecule has 0 aliphatic carbocycles. The number of aliphatic hydroxyl groups excluding tert-OH is 1. The van der Waals surface area contributed by atoms with Gasteiger partial charge in [0.2, 0.25) is 5.82 Å². The van der Waals surface area contributed by atoms with E-state index in [2.05, 4.69) is 15.1 Å². The van der Waals surface area contributed by atoms with E-state index >= 15 is 0 Å². The fourth-order valence-corrected chi connectivity index (χ4v) is 1.42. The molecular formula is C11H14N4O2. The van der Waals surface area contributed by atoms with Crippen LogP contribution < -0.4 is 5.73 Å². The van der Waals surface area contributed by atoms with Gasteiger partial charge in [0.25, 0.3) is 5.89 Å². The molecule has 0 saturated heterocycles. The molecule has 0 unspecified atom stereocenters. The van der Waals surface area contributed by atoms with E-state index in [9.17, 15) is 5.11 Å². The summed E-state index contributed by atoms with van der Waals surface area (Å²) in [6.07, 6.45) is -0.422. The predicted molar refractivity (Wildman–Crippen MR) is 60.9 cm³/mol. The van der Waals surface area contributed by atoms with Crippen LogP contribution in [-0.2, 0) is 0 Å². The Morgan fingerprint density at radius 2 is 2.24 bits per heavy atom. The number of nitrogens with zero attached hydrogens (tertiary/aromatic N) is 3. The van der Waals surface area contributed by atoms with Gasteiger partial charge in [-0.25, -0.2) is 4.98 Å². The smallest absolute Gasteiger partial charge is 0.255 e. The Balaban J connectivity index is 2.23. The number of hydrogen-bond donors (Lipinski definition) is 2. The quantitative estimate of drug-likeness (QED) is 0.812. The highest BCUT2D eigenvalue weighted by atomic mass is 16.5. The molecule has 90 valence electrons. The van der Waals surface area contributed by atoms with Crippen molar-refractivity contribution in [1.82, 2.24) is 15.1 Å². The summed E-state index contributed by atoms with van der Waals surface area (Å²) in [6, 6.07) is 5.54. The van der Waals surface area contributed by atoms with Crippen molar-refractivity contribution in [2.24, 2.45) is 5.73 Å². The summed E-state index contributed by atoms with van der Waals surface area (Å²) in [5.74, 6) is 0.550. The van der Waals surface area contributed by atoms with Crippen molar-refractivity contribution < 1.29 is 9.63 Å². The monoisotopic (exact) mass is 234 g/mol. The average molecular weight is 234 g/mol. The molecule has 0 amide bonds. The number of aliphatic hydroxyl groups is 1. The minimum atomic E-state index is -0.814. The molecule has 2 aromatic rings. The van der Waals surface area contributed by atoms with Gasteiger partial charge in [0.15, 0.2) is 0 Å². The molecule has 2 heterocycles. The summed E-state index contributed by atoms with van der Waals surface area (Å²) >= 11 is 0. The van der Waals surface area contributed by atoms with Crippen molar-refractivity contribution in [3.63, 3.8) is 0 Å². The molecule has 0 aliphatic rings. The minimum absolute atomic E-state index is 0.175. The molecule has 0 radical (unpaired) electrons. The van der Waals surface area contributed by atoms with Crippen LogP contribution in [0.2, 0.25) is 0 Å². The molecule has 0 fully saturated rings. The van der Waals surface area contributed by atoms with Gasteiger partial charge >= 0.3 is 0 Å². The van der Waals surface area contributed by atoms with Gasteiger partial charge in [-0.2, -0.15) is 4.98 Å². The second-order valence-corrected chi connectivity index (χ2v) is 3.71. The van der Waals surface area contributed by atoms with Crippen molar-refractivity contribution in [3.8, 4) is 11.5 Å². The van der Waals surface area contributed by atoms with Crippen molar-refractivity contribution >= 4 is 0 Å². The summed E-state index contributed by atoms with van der Waals surface area (Å²) in [5.41, 5.74) is 6.84. The first-order valence-corrected chi connectivity index (χ1v) is 5.36. The maximum absolute atomic E-state index is 9.64. The summed E-state index contributed by atoms with van der Waals surface area (Å²) < 4.78 is 4.97. The van der Waals surface area contributed by atoms with Crippen LogP contribution in [0.1, 0.15) is 24.1 Å². The Hall–Kier alpha value is -1.79. The van der Waals surface area contributed by atoms with Crippen molar-refractivity contribution in [2.75, 3.05) is 6.54 Å². The Bertz CT molecular complexity index is 498. The molecule has 6 nitrogen and oxygen atoms in total. The topological polar surface area (TPSA) is 98.1 Å². The third-order valence-electron chi connectivity index (χ3n) is 2.28. The summed E-state index contributed by atoms with van der Waals surface area (Å²) in [6.45, 7) is 2.25. The van der Waals surface area contributed by atoms with Gasteiger partial charge in [-0.3, -0.25) is 0 Å². The normalized spacial score (nSPS) is 12.6. The third kappa shape index (κ3) is 2.66. The maximum Gasteiger partial charge on any atom is 0.255 e. The molecular weight excluding hydrogens is 220 g/mol. The van der Waals surface area contributed by atoms with Gasteiger partial charge in [-0.1, -0.05) is 11.2 Å². The van der Waals surface area contributed by atoms with E-state index < -0.39 is 6.10 Å². The predicted octanol–water partition coefficient (Wildman–Crippen LogP) is 0.822. The fourth-order valence-electron chi connectivity index (χ4n) is 1.42. The summed E-state index contributed by atoms with van der Waals surface area (Å²) in [5, 5.41) is 13.4. The number of aromatic nitrogens is 3. The molecule has 0 bridgehead atoms. The Morgan fingerprint density at radius 3 is 2.94 bits per heavy atom. The highest BCUT2D eigenvalue weighted by Gasteiger charge is 2.16. The van der Waals surface area contributed by atoms with E-state index in [1.165, 1.54) is 0 Å². The highest BCUT2D eigenvalue weighted by Crippen LogP contribution is 2.18. The van der Waals surface area contributed by atoms with Crippen LogP contribution in [-0.4, -0.2) is 26.8 Å². The zero-order valence-corrected chi connectivity index (χ0v) is 9.50. The first-order valence-electron chi connectivity index (χ1n) is 5.36. The molecule has 3 N–H and O–H groups in total. The Kier molecular flexibility index (Phi) is 3.46. The highest BCUT2D eigenvalue weighted by molar-refractivity contribution is 5.48. The van der Waals surface area contributed by atoms with Gasteiger partial charge in [0.1, 0.15) is 11.8 Å². The minimum Gasteiger partial charge on any atom is -0.383 e. The van der Waals surface area contributed by atoms with Gasteiger partial charge < -0.3 is 15.4 Å². The van der Waals surface area contributed by atoms with E-state index in [-0.39, 0.29) is 5.89 Å². The molecule has 0 saturated carbocycles. The van der Waals surface area contributed by atoms with Crippen LogP contribution in [0.4, 0.5) is 0 Å². The lowest BCUT2D eigenvalue weighted by Crippen LogP contribution is -2.06. The molecule has 2 aromatic heterocycles. The SMILES string of the molecule is Cc1cccc(-c2noc([C@@H](O)CCN)n2)n1. The largest absolute Gasteiger partial charge is 0.383 e. The van der Waals surface area contributed by atoms with Crippen molar-refractivity contribution in [1.29, 1.82) is 0 Å². The van der Waals surface area contributed by atoms with Crippen LogP contribution in [0.5, 0.6) is 0 Å². The van der Waals surface area contributed by atoms with E-state index in [0.717, 1.165) is 5.69 Å².